The van der Waals surface area contributed by atoms with Crippen LogP contribution in [-0.2, 0) is 9.59 Å². The Hall–Kier alpha value is -2.04. The molecule has 0 heterocycles. The molecule has 1 aromatic carbocycles. The van der Waals surface area contributed by atoms with Gasteiger partial charge in [-0.25, -0.2) is 0 Å². The van der Waals surface area contributed by atoms with Crippen molar-refractivity contribution in [2.45, 2.75) is 85.0 Å². The monoisotopic (exact) mass is 406 g/mol. The lowest BCUT2D eigenvalue weighted by Crippen LogP contribution is -2.24. The van der Waals surface area contributed by atoms with Crippen molar-refractivity contribution in [2.75, 3.05) is 6.61 Å². The zero-order chi connectivity index (χ0) is 22.0. The van der Waals surface area contributed by atoms with Gasteiger partial charge in [-0.15, -0.1) is 0 Å². The zero-order valence-corrected chi connectivity index (χ0v) is 18.6. The standard InChI is InChI=1S/C24H38O5/c1-6-7-8-9-10-11-14-29-18-12-13-19(21(16(2)3)23(25)26)20(15-18)22(17(4)5)24(27)28/h12-13,15-17,21-22H,6-11,14H2,1-5H3,(H,25,26)(H,27,28). The number of carbonyl (C=O) groups is 2. The van der Waals surface area contributed by atoms with Crippen LogP contribution in [0.5, 0.6) is 5.75 Å². The van der Waals surface area contributed by atoms with E-state index in [-0.39, 0.29) is 11.8 Å². The van der Waals surface area contributed by atoms with Crippen LogP contribution in [0.25, 0.3) is 0 Å². The summed E-state index contributed by atoms with van der Waals surface area (Å²) in [5.41, 5.74) is 1.12. The van der Waals surface area contributed by atoms with Gasteiger partial charge in [-0.3, -0.25) is 9.59 Å². The number of carboxylic acid groups (broad SMARTS) is 2. The summed E-state index contributed by atoms with van der Waals surface area (Å²) < 4.78 is 5.88. The summed E-state index contributed by atoms with van der Waals surface area (Å²) in [6, 6.07) is 5.25. The number of benzene rings is 1. The van der Waals surface area contributed by atoms with Gasteiger partial charge >= 0.3 is 11.9 Å². The SMILES string of the molecule is CCCCCCCCOc1ccc(C(C(=O)O)C(C)C)c(C(C(=O)O)C(C)C)c1. The van der Waals surface area contributed by atoms with Crippen LogP contribution in [0.1, 0.15) is 96.1 Å². The Bertz CT molecular complexity index is 651. The molecule has 0 spiro atoms. The minimum Gasteiger partial charge on any atom is -0.494 e. The van der Waals surface area contributed by atoms with E-state index in [4.69, 9.17) is 4.74 Å². The zero-order valence-electron chi connectivity index (χ0n) is 18.6. The lowest BCUT2D eigenvalue weighted by molar-refractivity contribution is -0.141. The van der Waals surface area contributed by atoms with E-state index < -0.39 is 23.8 Å². The third kappa shape index (κ3) is 7.71. The molecule has 0 radical (unpaired) electrons. The molecule has 0 fully saturated rings. The van der Waals surface area contributed by atoms with Crippen molar-refractivity contribution in [1.29, 1.82) is 0 Å². The predicted octanol–water partition coefficient (Wildman–Crippen LogP) is 6.07. The van der Waals surface area contributed by atoms with E-state index in [1.165, 1.54) is 25.7 Å². The fourth-order valence-corrected chi connectivity index (χ4v) is 3.82. The number of unbranched alkanes of at least 4 members (excludes halogenated alkanes) is 5. The van der Waals surface area contributed by atoms with Gasteiger partial charge in [0.25, 0.3) is 0 Å². The van der Waals surface area contributed by atoms with E-state index in [9.17, 15) is 19.8 Å². The lowest BCUT2D eigenvalue weighted by atomic mass is 9.78. The topological polar surface area (TPSA) is 83.8 Å². The van der Waals surface area contributed by atoms with Gasteiger partial charge in [-0.2, -0.15) is 0 Å². The fourth-order valence-electron chi connectivity index (χ4n) is 3.82. The Morgan fingerprint density at radius 2 is 1.34 bits per heavy atom. The molecular formula is C24H38O5. The van der Waals surface area contributed by atoms with E-state index in [1.54, 1.807) is 18.2 Å². The molecule has 0 saturated carbocycles. The van der Waals surface area contributed by atoms with Gasteiger partial charge in [0, 0.05) is 0 Å². The molecule has 1 rings (SSSR count). The summed E-state index contributed by atoms with van der Waals surface area (Å²) in [4.78, 5) is 23.8. The average Bonchev–Trinajstić information content (AvgIpc) is 2.61. The molecule has 0 saturated heterocycles. The largest absolute Gasteiger partial charge is 0.494 e. The molecular weight excluding hydrogens is 368 g/mol. The number of ether oxygens (including phenoxy) is 1. The Balaban J connectivity index is 3.07. The number of hydrogen-bond donors (Lipinski definition) is 2. The first-order valence-corrected chi connectivity index (χ1v) is 10.9. The molecule has 2 N–H and O–H groups in total. The quantitative estimate of drug-likeness (QED) is 0.366. The maximum absolute atomic E-state index is 12.0. The average molecular weight is 407 g/mol. The minimum atomic E-state index is -0.942. The summed E-state index contributed by atoms with van der Waals surface area (Å²) in [5.74, 6) is -3.11. The highest BCUT2D eigenvalue weighted by Crippen LogP contribution is 2.37. The Kier molecular flexibility index (Phi) is 10.8. The van der Waals surface area contributed by atoms with Crippen molar-refractivity contribution in [1.82, 2.24) is 0 Å². The highest BCUT2D eigenvalue weighted by atomic mass is 16.5. The maximum atomic E-state index is 12.0. The van der Waals surface area contributed by atoms with Crippen LogP contribution in [-0.4, -0.2) is 28.8 Å². The Labute approximate surface area is 175 Å². The summed E-state index contributed by atoms with van der Waals surface area (Å²) in [6.45, 7) is 10.2. The molecule has 1 aromatic rings. The van der Waals surface area contributed by atoms with E-state index in [0.29, 0.717) is 23.5 Å². The van der Waals surface area contributed by atoms with Gasteiger partial charge in [0.1, 0.15) is 5.75 Å². The lowest BCUT2D eigenvalue weighted by Gasteiger charge is -2.26. The van der Waals surface area contributed by atoms with E-state index in [2.05, 4.69) is 6.92 Å². The molecule has 5 heteroatoms. The molecule has 0 aliphatic carbocycles. The summed E-state index contributed by atoms with van der Waals surface area (Å²) in [7, 11) is 0. The Morgan fingerprint density at radius 3 is 1.86 bits per heavy atom. The highest BCUT2D eigenvalue weighted by molar-refractivity contribution is 5.81. The number of rotatable bonds is 14. The maximum Gasteiger partial charge on any atom is 0.311 e. The summed E-state index contributed by atoms with van der Waals surface area (Å²) >= 11 is 0. The normalized spacial score (nSPS) is 13.5. The van der Waals surface area contributed by atoms with Crippen molar-refractivity contribution < 1.29 is 24.5 Å². The molecule has 2 atom stereocenters. The number of aliphatic carboxylic acids is 2. The van der Waals surface area contributed by atoms with Gasteiger partial charge < -0.3 is 14.9 Å². The van der Waals surface area contributed by atoms with Gasteiger partial charge in [-0.05, 0) is 41.5 Å². The molecule has 29 heavy (non-hydrogen) atoms. The first-order chi connectivity index (χ1) is 13.7. The molecule has 0 aliphatic rings. The van der Waals surface area contributed by atoms with Crippen molar-refractivity contribution >= 4 is 11.9 Å². The van der Waals surface area contributed by atoms with Crippen LogP contribution in [0.15, 0.2) is 18.2 Å². The molecule has 0 aliphatic heterocycles. The third-order valence-electron chi connectivity index (χ3n) is 5.36. The van der Waals surface area contributed by atoms with Gasteiger partial charge in [-0.1, -0.05) is 72.8 Å². The summed E-state index contributed by atoms with van der Waals surface area (Å²) in [5, 5.41) is 19.5. The van der Waals surface area contributed by atoms with Crippen molar-refractivity contribution in [3.05, 3.63) is 29.3 Å². The van der Waals surface area contributed by atoms with Crippen LogP contribution in [0.2, 0.25) is 0 Å². The fraction of sp³-hybridized carbons (Fsp3) is 0.667. The Morgan fingerprint density at radius 1 is 0.828 bits per heavy atom. The second kappa shape index (κ2) is 12.5. The molecule has 2 unspecified atom stereocenters. The highest BCUT2D eigenvalue weighted by Gasteiger charge is 2.33. The second-order valence-electron chi connectivity index (χ2n) is 8.53. The van der Waals surface area contributed by atoms with E-state index >= 15 is 0 Å². The van der Waals surface area contributed by atoms with Crippen LogP contribution in [0, 0.1) is 11.8 Å². The van der Waals surface area contributed by atoms with Gasteiger partial charge in [0.05, 0.1) is 18.4 Å². The predicted molar refractivity (Wildman–Crippen MR) is 116 cm³/mol. The minimum absolute atomic E-state index is 0.150. The smallest absolute Gasteiger partial charge is 0.311 e. The van der Waals surface area contributed by atoms with Crippen LogP contribution < -0.4 is 4.74 Å². The summed E-state index contributed by atoms with van der Waals surface area (Å²) in [6.07, 6.45) is 7.00. The van der Waals surface area contributed by atoms with Crippen molar-refractivity contribution in [2.24, 2.45) is 11.8 Å². The van der Waals surface area contributed by atoms with Crippen LogP contribution in [0.3, 0.4) is 0 Å². The first-order valence-electron chi connectivity index (χ1n) is 10.9. The van der Waals surface area contributed by atoms with Gasteiger partial charge in [0.2, 0.25) is 0 Å². The van der Waals surface area contributed by atoms with Crippen LogP contribution >= 0.6 is 0 Å². The molecule has 0 amide bonds. The van der Waals surface area contributed by atoms with Crippen LogP contribution in [0.4, 0.5) is 0 Å². The number of hydrogen-bond acceptors (Lipinski definition) is 3. The van der Waals surface area contributed by atoms with Crippen molar-refractivity contribution in [3.8, 4) is 5.75 Å². The molecule has 0 aromatic heterocycles. The first kappa shape index (κ1) is 25.0. The van der Waals surface area contributed by atoms with E-state index in [1.807, 2.05) is 27.7 Å². The van der Waals surface area contributed by atoms with E-state index in [0.717, 1.165) is 12.8 Å². The van der Waals surface area contributed by atoms with Crippen molar-refractivity contribution in [3.63, 3.8) is 0 Å². The van der Waals surface area contributed by atoms with Gasteiger partial charge in [0.15, 0.2) is 0 Å². The second-order valence-corrected chi connectivity index (χ2v) is 8.53. The third-order valence-corrected chi connectivity index (χ3v) is 5.36. The molecule has 5 nitrogen and oxygen atoms in total. The molecule has 0 bridgehead atoms. The molecule has 164 valence electrons. The number of carboxylic acids is 2.